The summed E-state index contributed by atoms with van der Waals surface area (Å²) in [6, 6.07) is -0.574. The molecule has 2 N–H and O–H groups in total. The van der Waals surface area contributed by atoms with Crippen LogP contribution < -0.4 is 10.6 Å². The third-order valence-electron chi connectivity index (χ3n) is 5.36. The van der Waals surface area contributed by atoms with E-state index in [1.54, 1.807) is 0 Å². The highest BCUT2D eigenvalue weighted by molar-refractivity contribution is 5.98. The molecule has 3 fully saturated rings. The number of nitrogens with one attached hydrogen (secondary N) is 2. The van der Waals surface area contributed by atoms with Gasteiger partial charge in [-0.15, -0.1) is 0 Å². The van der Waals surface area contributed by atoms with Gasteiger partial charge in [-0.25, -0.2) is 9.18 Å². The molecule has 1 aliphatic carbocycles. The molecule has 3 aliphatic rings. The summed E-state index contributed by atoms with van der Waals surface area (Å²) in [4.78, 5) is 23.3. The van der Waals surface area contributed by atoms with Gasteiger partial charge in [0.15, 0.2) is 6.17 Å². The average Bonchev–Trinajstić information content (AvgIpc) is 2.55. The molecule has 136 valence electrons. The first-order valence-corrected chi connectivity index (χ1v) is 9.12. The lowest BCUT2D eigenvalue weighted by Crippen LogP contribution is -2.65. The number of rotatable bonds is 6. The molecule has 7 heteroatoms. The summed E-state index contributed by atoms with van der Waals surface area (Å²) in [6.45, 7) is 2.73. The van der Waals surface area contributed by atoms with Crippen LogP contribution in [0.4, 0.5) is 9.18 Å². The number of fused-ring (bicyclic) bond motifs is 2. The second kappa shape index (κ2) is 7.78. The van der Waals surface area contributed by atoms with Crippen LogP contribution in [0.1, 0.15) is 51.9 Å². The number of imide groups is 1. The number of halogens is 1. The van der Waals surface area contributed by atoms with Crippen molar-refractivity contribution in [2.24, 2.45) is 11.8 Å². The zero-order valence-electron chi connectivity index (χ0n) is 14.1. The molecule has 0 aromatic rings. The number of unbranched alkanes of at least 4 members (excludes halogenated alkanes) is 3. The summed E-state index contributed by atoms with van der Waals surface area (Å²) in [5, 5.41) is 4.83. The van der Waals surface area contributed by atoms with E-state index in [1.807, 2.05) is 0 Å². The number of carbonyl (C=O) groups excluding carboxylic acids is 2. The molecule has 0 radical (unpaired) electrons. The van der Waals surface area contributed by atoms with Crippen molar-refractivity contribution >= 4 is 11.9 Å². The summed E-state index contributed by atoms with van der Waals surface area (Å²) in [5.41, 5.74) is 0. The van der Waals surface area contributed by atoms with Crippen LogP contribution >= 0.6 is 0 Å². The van der Waals surface area contributed by atoms with Crippen molar-refractivity contribution in [1.82, 2.24) is 10.6 Å². The van der Waals surface area contributed by atoms with Crippen molar-refractivity contribution in [3.8, 4) is 0 Å². The van der Waals surface area contributed by atoms with Crippen molar-refractivity contribution in [1.29, 1.82) is 0 Å². The molecule has 2 saturated heterocycles. The van der Waals surface area contributed by atoms with Crippen LogP contribution in [0.15, 0.2) is 0 Å². The fourth-order valence-electron chi connectivity index (χ4n) is 4.01. The van der Waals surface area contributed by atoms with Gasteiger partial charge in [0.1, 0.15) is 6.23 Å². The van der Waals surface area contributed by atoms with Gasteiger partial charge in [0.05, 0.1) is 18.1 Å². The molecule has 6 unspecified atom stereocenters. The number of urea groups is 1. The summed E-state index contributed by atoms with van der Waals surface area (Å²) in [6.07, 6.45) is 3.39. The Bertz CT molecular complexity index is 476. The van der Waals surface area contributed by atoms with E-state index in [9.17, 15) is 14.0 Å². The minimum Gasteiger partial charge on any atom is -0.375 e. The molecular formula is C17H27FN2O4. The van der Waals surface area contributed by atoms with Gasteiger partial charge in [0, 0.05) is 6.61 Å². The molecule has 0 aromatic heterocycles. The van der Waals surface area contributed by atoms with Crippen molar-refractivity contribution < 1.29 is 23.5 Å². The first kappa shape index (κ1) is 17.6. The molecule has 1 saturated carbocycles. The van der Waals surface area contributed by atoms with Gasteiger partial charge in [-0.2, -0.15) is 0 Å². The predicted molar refractivity (Wildman–Crippen MR) is 84.9 cm³/mol. The Morgan fingerprint density at radius 2 is 2.08 bits per heavy atom. The average molecular weight is 342 g/mol. The van der Waals surface area contributed by atoms with E-state index in [0.29, 0.717) is 19.4 Å². The Morgan fingerprint density at radius 1 is 1.25 bits per heavy atom. The van der Waals surface area contributed by atoms with Gasteiger partial charge < -0.3 is 14.8 Å². The van der Waals surface area contributed by atoms with Crippen LogP contribution in [-0.2, 0) is 14.3 Å². The molecule has 24 heavy (non-hydrogen) atoms. The zero-order valence-corrected chi connectivity index (χ0v) is 14.1. The predicted octanol–water partition coefficient (Wildman–Crippen LogP) is 2.27. The monoisotopic (exact) mass is 342 g/mol. The number of carbonyl (C=O) groups is 2. The van der Waals surface area contributed by atoms with Crippen molar-refractivity contribution in [2.45, 2.75) is 76.5 Å². The maximum absolute atomic E-state index is 14.8. The van der Waals surface area contributed by atoms with E-state index in [0.717, 1.165) is 25.7 Å². The number of hydrogen-bond donors (Lipinski definition) is 2. The number of amides is 3. The molecule has 6 atom stereocenters. The molecule has 0 bridgehead atoms. The minimum absolute atomic E-state index is 0.00180. The quantitative estimate of drug-likeness (QED) is 0.726. The van der Waals surface area contributed by atoms with E-state index in [-0.39, 0.29) is 11.8 Å². The van der Waals surface area contributed by atoms with E-state index in [2.05, 4.69) is 17.6 Å². The molecule has 6 nitrogen and oxygen atoms in total. The van der Waals surface area contributed by atoms with Gasteiger partial charge in [0.25, 0.3) is 0 Å². The Kier molecular flexibility index (Phi) is 5.71. The maximum atomic E-state index is 14.8. The van der Waals surface area contributed by atoms with E-state index >= 15 is 0 Å². The van der Waals surface area contributed by atoms with Crippen LogP contribution in [0.25, 0.3) is 0 Å². The smallest absolute Gasteiger partial charge is 0.323 e. The van der Waals surface area contributed by atoms with E-state index in [1.165, 1.54) is 6.42 Å². The maximum Gasteiger partial charge on any atom is 0.323 e. The van der Waals surface area contributed by atoms with Crippen LogP contribution in [0, 0.1) is 11.8 Å². The van der Waals surface area contributed by atoms with E-state index in [4.69, 9.17) is 9.47 Å². The third kappa shape index (κ3) is 3.72. The molecular weight excluding hydrogens is 315 g/mol. The fraction of sp³-hybridized carbons (Fsp3) is 0.882. The Balaban J connectivity index is 1.54. The summed E-state index contributed by atoms with van der Waals surface area (Å²) < 4.78 is 26.4. The number of hydrogen-bond acceptors (Lipinski definition) is 4. The first-order valence-electron chi connectivity index (χ1n) is 9.12. The second-order valence-electron chi connectivity index (χ2n) is 7.08. The zero-order chi connectivity index (χ0) is 17.1. The minimum atomic E-state index is -1.21. The fourth-order valence-corrected chi connectivity index (χ4v) is 4.01. The second-order valence-corrected chi connectivity index (χ2v) is 7.08. The lowest BCUT2D eigenvalue weighted by Gasteiger charge is -2.47. The Morgan fingerprint density at radius 3 is 2.88 bits per heavy atom. The van der Waals surface area contributed by atoms with Crippen LogP contribution in [0.3, 0.4) is 0 Å². The SMILES string of the molecule is CCCCCCOC1CCC2CC3C(=O)NC(=O)NC3OC2C1F. The lowest BCUT2D eigenvalue weighted by atomic mass is 9.75. The Hall–Kier alpha value is -1.21. The van der Waals surface area contributed by atoms with Crippen LogP contribution in [-0.4, -0.2) is 43.2 Å². The lowest BCUT2D eigenvalue weighted by molar-refractivity contribution is -0.196. The van der Waals surface area contributed by atoms with Gasteiger partial charge in [-0.3, -0.25) is 10.1 Å². The molecule has 2 heterocycles. The summed E-state index contributed by atoms with van der Waals surface area (Å²) in [5.74, 6) is -0.753. The largest absolute Gasteiger partial charge is 0.375 e. The topological polar surface area (TPSA) is 76.7 Å². The normalized spacial score (nSPS) is 38.8. The number of alkyl halides is 1. The highest BCUT2D eigenvalue weighted by atomic mass is 19.1. The number of ether oxygens (including phenoxy) is 2. The molecule has 2 aliphatic heterocycles. The molecule has 3 amide bonds. The standard InChI is InChI=1S/C17H27FN2O4/c1-2-3-4-5-8-23-12-7-6-10-9-11-15(21)19-17(22)20-16(11)24-14(10)13(12)18/h10-14,16H,2-9H2,1H3,(H2,19,20,21,22). The summed E-state index contributed by atoms with van der Waals surface area (Å²) in [7, 11) is 0. The van der Waals surface area contributed by atoms with Gasteiger partial charge in [0.2, 0.25) is 5.91 Å². The van der Waals surface area contributed by atoms with E-state index < -0.39 is 36.6 Å². The van der Waals surface area contributed by atoms with Crippen LogP contribution in [0.5, 0.6) is 0 Å². The summed E-state index contributed by atoms with van der Waals surface area (Å²) >= 11 is 0. The highest BCUT2D eigenvalue weighted by Gasteiger charge is 2.51. The van der Waals surface area contributed by atoms with Crippen molar-refractivity contribution in [2.75, 3.05) is 6.61 Å². The first-order chi connectivity index (χ1) is 11.6. The Labute approximate surface area is 141 Å². The van der Waals surface area contributed by atoms with Crippen molar-refractivity contribution in [3.63, 3.8) is 0 Å². The van der Waals surface area contributed by atoms with Gasteiger partial charge in [-0.05, 0) is 31.6 Å². The molecule has 0 spiro atoms. The third-order valence-corrected chi connectivity index (χ3v) is 5.36. The van der Waals surface area contributed by atoms with Gasteiger partial charge >= 0.3 is 6.03 Å². The molecule has 0 aromatic carbocycles. The van der Waals surface area contributed by atoms with Gasteiger partial charge in [-0.1, -0.05) is 26.2 Å². The van der Waals surface area contributed by atoms with Crippen LogP contribution in [0.2, 0.25) is 0 Å². The highest BCUT2D eigenvalue weighted by Crippen LogP contribution is 2.41. The van der Waals surface area contributed by atoms with Crippen molar-refractivity contribution in [3.05, 3.63) is 0 Å². The molecule has 3 rings (SSSR count).